The molecule has 15 heavy (non-hydrogen) atoms. The zero-order valence-electron chi connectivity index (χ0n) is 7.48. The standard InChI is InChI=1S/C9H6N2O4/c12-7(13)2-1-5-3-6-8(10-4-5)11-9(14)15-6/h1-4H,(H,12,13)(H,10,11,14)/p+1/b2-1+. The molecule has 0 amide bonds. The van der Waals surface area contributed by atoms with Gasteiger partial charge < -0.3 is 9.52 Å². The van der Waals surface area contributed by atoms with Crippen molar-refractivity contribution in [1.29, 1.82) is 0 Å². The monoisotopic (exact) mass is 207 g/mol. The normalized spacial score (nSPS) is 11.2. The number of aliphatic carboxylic acids is 1. The highest BCUT2D eigenvalue weighted by Gasteiger charge is 2.07. The van der Waals surface area contributed by atoms with E-state index in [0.29, 0.717) is 16.8 Å². The topological polar surface area (TPSA) is 97.4 Å². The van der Waals surface area contributed by atoms with E-state index in [4.69, 9.17) is 9.52 Å². The van der Waals surface area contributed by atoms with Gasteiger partial charge in [0.1, 0.15) is 0 Å². The Balaban J connectivity index is 2.46. The molecule has 0 saturated carbocycles. The molecule has 0 aliphatic rings. The van der Waals surface area contributed by atoms with E-state index in [2.05, 4.69) is 9.97 Å². The SMILES string of the molecule is O=C(O)/C=C/c1c[nH+]c2[nH]c(=O)oc2c1. The fourth-order valence-electron chi connectivity index (χ4n) is 1.16. The van der Waals surface area contributed by atoms with Crippen molar-refractivity contribution in [1.82, 2.24) is 4.98 Å². The van der Waals surface area contributed by atoms with E-state index in [1.807, 2.05) is 0 Å². The molecule has 0 radical (unpaired) electrons. The van der Waals surface area contributed by atoms with Crippen molar-refractivity contribution in [2.75, 3.05) is 0 Å². The minimum atomic E-state index is -1.04. The first-order chi connectivity index (χ1) is 7.15. The number of aromatic nitrogens is 2. The van der Waals surface area contributed by atoms with Gasteiger partial charge in [-0.25, -0.2) is 9.78 Å². The molecule has 0 aliphatic carbocycles. The van der Waals surface area contributed by atoms with Crippen LogP contribution in [0.2, 0.25) is 0 Å². The lowest BCUT2D eigenvalue weighted by molar-refractivity contribution is -0.347. The highest BCUT2D eigenvalue weighted by molar-refractivity contribution is 5.85. The van der Waals surface area contributed by atoms with Gasteiger partial charge in [-0.2, -0.15) is 9.78 Å². The predicted molar refractivity (Wildman–Crippen MR) is 50.1 cm³/mol. The largest absolute Gasteiger partial charge is 0.510 e. The molecule has 76 valence electrons. The van der Waals surface area contributed by atoms with Gasteiger partial charge >= 0.3 is 17.4 Å². The molecule has 2 aromatic rings. The summed E-state index contributed by atoms with van der Waals surface area (Å²) in [5.41, 5.74) is 1.42. The van der Waals surface area contributed by atoms with E-state index in [1.165, 1.54) is 6.08 Å². The van der Waals surface area contributed by atoms with Crippen LogP contribution in [-0.4, -0.2) is 16.1 Å². The number of hydrogen-bond donors (Lipinski definition) is 2. The number of pyridine rings is 1. The highest BCUT2D eigenvalue weighted by Crippen LogP contribution is 2.07. The lowest BCUT2D eigenvalue weighted by Crippen LogP contribution is -2.05. The van der Waals surface area contributed by atoms with Crippen LogP contribution in [-0.2, 0) is 4.79 Å². The van der Waals surface area contributed by atoms with Crippen LogP contribution in [0.25, 0.3) is 17.3 Å². The van der Waals surface area contributed by atoms with Crippen LogP contribution in [0.5, 0.6) is 0 Å². The number of carboxylic acid groups (broad SMARTS) is 1. The van der Waals surface area contributed by atoms with Gasteiger partial charge in [-0.15, -0.1) is 0 Å². The first-order valence-electron chi connectivity index (χ1n) is 4.11. The average Bonchev–Trinajstić information content (AvgIpc) is 2.53. The van der Waals surface area contributed by atoms with Gasteiger partial charge in [-0.05, 0) is 6.08 Å². The quantitative estimate of drug-likeness (QED) is 0.679. The summed E-state index contributed by atoms with van der Waals surface area (Å²) < 4.78 is 4.79. The number of carboxylic acids is 1. The Morgan fingerprint density at radius 2 is 2.40 bits per heavy atom. The number of fused-ring (bicyclic) bond motifs is 1. The van der Waals surface area contributed by atoms with Crippen molar-refractivity contribution in [3.8, 4) is 0 Å². The van der Waals surface area contributed by atoms with E-state index in [-0.39, 0.29) is 0 Å². The van der Waals surface area contributed by atoms with E-state index >= 15 is 0 Å². The molecular formula is C9H7N2O4+. The van der Waals surface area contributed by atoms with E-state index < -0.39 is 11.7 Å². The van der Waals surface area contributed by atoms with E-state index in [1.54, 1.807) is 12.3 Å². The van der Waals surface area contributed by atoms with Crippen LogP contribution in [0.15, 0.2) is 27.6 Å². The van der Waals surface area contributed by atoms with Crippen LogP contribution in [0.4, 0.5) is 0 Å². The molecule has 0 aromatic carbocycles. The van der Waals surface area contributed by atoms with E-state index in [0.717, 1.165) is 6.08 Å². The lowest BCUT2D eigenvalue weighted by Gasteiger charge is -1.87. The van der Waals surface area contributed by atoms with Crippen LogP contribution >= 0.6 is 0 Å². The third kappa shape index (κ3) is 1.93. The van der Waals surface area contributed by atoms with Gasteiger partial charge in [0, 0.05) is 17.7 Å². The summed E-state index contributed by atoms with van der Waals surface area (Å²) in [6.45, 7) is 0. The highest BCUT2D eigenvalue weighted by atomic mass is 16.4. The zero-order valence-corrected chi connectivity index (χ0v) is 7.48. The van der Waals surface area contributed by atoms with E-state index in [9.17, 15) is 9.59 Å². The predicted octanol–water partition coefficient (Wildman–Crippen LogP) is 0.0330. The Morgan fingerprint density at radius 1 is 1.60 bits per heavy atom. The van der Waals surface area contributed by atoms with Crippen molar-refractivity contribution >= 4 is 23.3 Å². The summed E-state index contributed by atoms with van der Waals surface area (Å²) in [4.78, 5) is 26.3. The van der Waals surface area contributed by atoms with Crippen molar-refractivity contribution < 1.29 is 19.3 Å². The van der Waals surface area contributed by atoms with Gasteiger partial charge in [0.2, 0.25) is 5.58 Å². The van der Waals surface area contributed by atoms with Crippen molar-refractivity contribution in [3.63, 3.8) is 0 Å². The van der Waals surface area contributed by atoms with Crippen LogP contribution in [0.1, 0.15) is 5.56 Å². The maximum atomic E-state index is 10.8. The number of hydrogen-bond acceptors (Lipinski definition) is 3. The Kier molecular flexibility index (Phi) is 2.09. The Morgan fingerprint density at radius 3 is 3.13 bits per heavy atom. The van der Waals surface area contributed by atoms with Crippen LogP contribution in [0, 0.1) is 0 Å². The molecule has 0 unspecified atom stereocenters. The van der Waals surface area contributed by atoms with Gasteiger partial charge in [0.15, 0.2) is 0 Å². The molecule has 6 heteroatoms. The molecular weight excluding hydrogens is 200 g/mol. The number of H-pyrrole nitrogens is 2. The first-order valence-corrected chi connectivity index (χ1v) is 4.11. The Bertz CT molecular complexity index is 593. The Hall–Kier alpha value is -2.37. The minimum Gasteiger partial charge on any atom is -0.478 e. The summed E-state index contributed by atoms with van der Waals surface area (Å²) >= 11 is 0. The lowest BCUT2D eigenvalue weighted by atomic mass is 10.2. The molecule has 2 aromatic heterocycles. The maximum absolute atomic E-state index is 10.8. The first kappa shape index (κ1) is 9.20. The molecule has 0 saturated heterocycles. The second-order valence-corrected chi connectivity index (χ2v) is 2.86. The van der Waals surface area contributed by atoms with Crippen LogP contribution < -0.4 is 10.7 Å². The molecule has 6 nitrogen and oxygen atoms in total. The second-order valence-electron chi connectivity index (χ2n) is 2.86. The maximum Gasteiger partial charge on any atom is 0.510 e. The average molecular weight is 207 g/mol. The van der Waals surface area contributed by atoms with Crippen LogP contribution in [0.3, 0.4) is 0 Å². The van der Waals surface area contributed by atoms with Gasteiger partial charge in [-0.1, -0.05) is 0 Å². The zero-order chi connectivity index (χ0) is 10.8. The molecule has 0 spiro atoms. The number of oxazole rings is 1. The molecule has 2 heterocycles. The number of rotatable bonds is 2. The molecule has 0 fully saturated rings. The summed E-state index contributed by atoms with van der Waals surface area (Å²) in [5, 5.41) is 8.42. The van der Waals surface area contributed by atoms with Gasteiger partial charge in [0.05, 0.1) is 6.20 Å². The molecule has 3 N–H and O–H groups in total. The fourth-order valence-corrected chi connectivity index (χ4v) is 1.16. The Labute approximate surface area is 82.9 Å². The third-order valence-electron chi connectivity index (χ3n) is 1.78. The summed E-state index contributed by atoms with van der Waals surface area (Å²) in [6, 6.07) is 1.56. The molecule has 2 rings (SSSR count). The van der Waals surface area contributed by atoms with Crippen molar-refractivity contribution in [2.24, 2.45) is 0 Å². The minimum absolute atomic E-state index is 0.354. The fraction of sp³-hybridized carbons (Fsp3) is 0. The molecule has 0 aliphatic heterocycles. The molecule has 0 bridgehead atoms. The smallest absolute Gasteiger partial charge is 0.478 e. The third-order valence-corrected chi connectivity index (χ3v) is 1.78. The second kappa shape index (κ2) is 3.41. The summed E-state index contributed by atoms with van der Waals surface area (Å²) in [7, 11) is 0. The number of aromatic amines is 2. The summed E-state index contributed by atoms with van der Waals surface area (Å²) in [5.74, 6) is -1.59. The van der Waals surface area contributed by atoms with Gasteiger partial charge in [0.25, 0.3) is 0 Å². The summed E-state index contributed by atoms with van der Waals surface area (Å²) in [6.07, 6.45) is 3.96. The van der Waals surface area contributed by atoms with Gasteiger partial charge in [-0.3, -0.25) is 0 Å². The number of carbonyl (C=O) groups is 1. The van der Waals surface area contributed by atoms with Crippen molar-refractivity contribution in [3.05, 3.63) is 34.5 Å². The van der Waals surface area contributed by atoms with Crippen molar-refractivity contribution in [2.45, 2.75) is 0 Å². The number of nitrogens with one attached hydrogen (secondary N) is 2. The molecule has 0 atom stereocenters.